The Morgan fingerprint density at radius 2 is 2.28 bits per heavy atom. The Morgan fingerprint density at radius 1 is 1.56 bits per heavy atom. The van der Waals surface area contributed by atoms with Crippen LogP contribution in [0.1, 0.15) is 38.1 Å². The summed E-state index contributed by atoms with van der Waals surface area (Å²) in [5.41, 5.74) is 0. The number of thiophene rings is 1. The Kier molecular flexibility index (Phi) is 4.07. The number of hydrogen-bond donors (Lipinski definition) is 1. The first-order valence-electron chi connectivity index (χ1n) is 6.54. The molecule has 3 unspecified atom stereocenters. The van der Waals surface area contributed by atoms with Crippen LogP contribution in [-0.2, 0) is 4.79 Å². The smallest absolute Gasteiger partial charge is 0.308 e. The van der Waals surface area contributed by atoms with Crippen molar-refractivity contribution >= 4 is 17.3 Å². The van der Waals surface area contributed by atoms with E-state index in [1.165, 1.54) is 4.88 Å². The number of aliphatic carboxylic acids is 1. The van der Waals surface area contributed by atoms with Crippen molar-refractivity contribution in [3.63, 3.8) is 0 Å². The maximum Gasteiger partial charge on any atom is 0.308 e. The largest absolute Gasteiger partial charge is 0.481 e. The lowest BCUT2D eigenvalue weighted by molar-refractivity contribution is -0.142. The number of carbonyl (C=O) groups is 1. The highest BCUT2D eigenvalue weighted by atomic mass is 32.1. The Hall–Kier alpha value is -0.870. The molecule has 0 bridgehead atoms. The van der Waals surface area contributed by atoms with Crippen LogP contribution in [0.3, 0.4) is 0 Å². The summed E-state index contributed by atoms with van der Waals surface area (Å²) in [5.74, 6) is -0.372. The lowest BCUT2D eigenvalue weighted by Gasteiger charge is -2.34. The fraction of sp³-hybridized carbons (Fsp3) is 0.643. The fourth-order valence-electron chi connectivity index (χ4n) is 3.02. The minimum atomic E-state index is -0.654. The molecule has 1 fully saturated rings. The molecule has 0 amide bonds. The molecule has 3 atom stereocenters. The van der Waals surface area contributed by atoms with Gasteiger partial charge in [0.25, 0.3) is 0 Å². The third-order valence-corrected chi connectivity index (χ3v) is 4.89. The third kappa shape index (κ3) is 2.45. The van der Waals surface area contributed by atoms with Crippen LogP contribution in [0.5, 0.6) is 0 Å². The summed E-state index contributed by atoms with van der Waals surface area (Å²) >= 11 is 1.77. The van der Waals surface area contributed by atoms with Crippen LogP contribution in [0.4, 0.5) is 0 Å². The zero-order valence-corrected chi connectivity index (χ0v) is 12.0. The van der Waals surface area contributed by atoms with E-state index in [0.717, 1.165) is 13.0 Å². The van der Waals surface area contributed by atoms with Gasteiger partial charge in [0.2, 0.25) is 0 Å². The maximum atomic E-state index is 11.2. The van der Waals surface area contributed by atoms with Crippen LogP contribution in [0, 0.1) is 11.8 Å². The first kappa shape index (κ1) is 13.6. The topological polar surface area (TPSA) is 40.5 Å². The summed E-state index contributed by atoms with van der Waals surface area (Å²) < 4.78 is 0. The quantitative estimate of drug-likeness (QED) is 0.910. The summed E-state index contributed by atoms with van der Waals surface area (Å²) in [6, 6.07) is 4.71. The molecule has 0 saturated carbocycles. The van der Waals surface area contributed by atoms with Crippen molar-refractivity contribution < 1.29 is 9.90 Å². The van der Waals surface area contributed by atoms with Gasteiger partial charge in [0, 0.05) is 17.0 Å². The zero-order valence-electron chi connectivity index (χ0n) is 11.2. The molecule has 1 saturated heterocycles. The molecule has 1 aliphatic heterocycles. The summed E-state index contributed by atoms with van der Waals surface area (Å²) in [6.45, 7) is 7.37. The van der Waals surface area contributed by atoms with Crippen molar-refractivity contribution in [3.8, 4) is 0 Å². The lowest BCUT2D eigenvalue weighted by atomic mass is 9.98. The van der Waals surface area contributed by atoms with Gasteiger partial charge < -0.3 is 5.11 Å². The van der Waals surface area contributed by atoms with Gasteiger partial charge in [-0.15, -0.1) is 11.3 Å². The molecule has 1 aliphatic rings. The Morgan fingerprint density at radius 3 is 2.72 bits per heavy atom. The summed E-state index contributed by atoms with van der Waals surface area (Å²) in [6.07, 6.45) is 0.769. The molecule has 0 radical (unpaired) electrons. The van der Waals surface area contributed by atoms with E-state index in [2.05, 4.69) is 43.2 Å². The molecule has 0 aromatic carbocycles. The highest BCUT2D eigenvalue weighted by Gasteiger charge is 2.40. The molecule has 0 spiro atoms. The molecule has 2 heterocycles. The number of rotatable bonds is 4. The molecule has 4 heteroatoms. The number of nitrogens with zero attached hydrogens (tertiary/aromatic N) is 1. The van der Waals surface area contributed by atoms with E-state index in [1.807, 2.05) is 0 Å². The van der Waals surface area contributed by atoms with Gasteiger partial charge in [0.1, 0.15) is 0 Å². The molecule has 18 heavy (non-hydrogen) atoms. The van der Waals surface area contributed by atoms with E-state index in [0.29, 0.717) is 12.0 Å². The van der Waals surface area contributed by atoms with Crippen LogP contribution in [-0.4, -0.2) is 28.6 Å². The molecule has 0 aliphatic carbocycles. The molecular formula is C14H21NO2S. The Balaban J connectivity index is 2.21. The van der Waals surface area contributed by atoms with Gasteiger partial charge in [-0.05, 0) is 37.3 Å². The molecule has 100 valence electrons. The molecule has 1 N–H and O–H groups in total. The standard InChI is InChI=1S/C14H21NO2S/c1-9(2)13(12-5-4-8-18-12)15-7-6-11(10(15)3)14(16)17/h4-5,8-11,13H,6-7H2,1-3H3,(H,16,17). The molecule has 2 rings (SSSR count). The van der Waals surface area contributed by atoms with E-state index < -0.39 is 5.97 Å². The van der Waals surface area contributed by atoms with Gasteiger partial charge in [-0.2, -0.15) is 0 Å². The van der Waals surface area contributed by atoms with Crippen molar-refractivity contribution in [2.75, 3.05) is 6.54 Å². The van der Waals surface area contributed by atoms with Gasteiger partial charge >= 0.3 is 5.97 Å². The maximum absolute atomic E-state index is 11.2. The van der Waals surface area contributed by atoms with Gasteiger partial charge in [0.05, 0.1) is 5.92 Å². The molecular weight excluding hydrogens is 246 g/mol. The first-order chi connectivity index (χ1) is 8.52. The van der Waals surface area contributed by atoms with Gasteiger partial charge in [0.15, 0.2) is 0 Å². The predicted octanol–water partition coefficient (Wildman–Crippen LogP) is 3.24. The fourth-order valence-corrected chi connectivity index (χ4v) is 4.04. The third-order valence-electron chi connectivity index (χ3n) is 3.94. The van der Waals surface area contributed by atoms with Crippen molar-refractivity contribution in [1.29, 1.82) is 0 Å². The second kappa shape index (κ2) is 5.41. The van der Waals surface area contributed by atoms with Crippen LogP contribution in [0.25, 0.3) is 0 Å². The Labute approximate surface area is 112 Å². The minimum absolute atomic E-state index is 0.122. The Bertz CT molecular complexity index is 402. The predicted molar refractivity (Wildman–Crippen MR) is 73.8 cm³/mol. The van der Waals surface area contributed by atoms with E-state index in [1.54, 1.807) is 11.3 Å². The van der Waals surface area contributed by atoms with Crippen LogP contribution < -0.4 is 0 Å². The van der Waals surface area contributed by atoms with Gasteiger partial charge in [-0.25, -0.2) is 0 Å². The number of likely N-dealkylation sites (tertiary alicyclic amines) is 1. The number of hydrogen-bond acceptors (Lipinski definition) is 3. The van der Waals surface area contributed by atoms with Crippen LogP contribution in [0.2, 0.25) is 0 Å². The number of carboxylic acid groups (broad SMARTS) is 1. The second-order valence-corrected chi connectivity index (χ2v) is 6.40. The summed E-state index contributed by atoms with van der Waals surface area (Å²) in [4.78, 5) is 14.9. The SMILES string of the molecule is CC(C)C(c1cccs1)N1CCC(C(=O)O)C1C. The first-order valence-corrected chi connectivity index (χ1v) is 7.42. The van der Waals surface area contributed by atoms with Gasteiger partial charge in [-0.1, -0.05) is 19.9 Å². The molecule has 1 aromatic heterocycles. The summed E-state index contributed by atoms with van der Waals surface area (Å²) in [5, 5.41) is 11.3. The lowest BCUT2D eigenvalue weighted by Crippen LogP contribution is -2.37. The second-order valence-electron chi connectivity index (χ2n) is 5.42. The molecule has 3 nitrogen and oxygen atoms in total. The van der Waals surface area contributed by atoms with E-state index >= 15 is 0 Å². The normalized spacial score (nSPS) is 26.7. The summed E-state index contributed by atoms with van der Waals surface area (Å²) in [7, 11) is 0. The number of carboxylic acids is 1. The monoisotopic (exact) mass is 267 g/mol. The van der Waals surface area contributed by atoms with Crippen molar-refractivity contribution in [1.82, 2.24) is 4.90 Å². The highest BCUT2D eigenvalue weighted by Crippen LogP contribution is 2.38. The van der Waals surface area contributed by atoms with E-state index in [9.17, 15) is 9.90 Å². The van der Waals surface area contributed by atoms with E-state index in [4.69, 9.17) is 0 Å². The van der Waals surface area contributed by atoms with E-state index in [-0.39, 0.29) is 12.0 Å². The average Bonchev–Trinajstić information content (AvgIpc) is 2.90. The van der Waals surface area contributed by atoms with Crippen molar-refractivity contribution in [2.24, 2.45) is 11.8 Å². The van der Waals surface area contributed by atoms with Crippen LogP contribution >= 0.6 is 11.3 Å². The van der Waals surface area contributed by atoms with Crippen LogP contribution in [0.15, 0.2) is 17.5 Å². The minimum Gasteiger partial charge on any atom is -0.481 e. The van der Waals surface area contributed by atoms with Crippen molar-refractivity contribution in [2.45, 2.75) is 39.3 Å². The van der Waals surface area contributed by atoms with Crippen molar-refractivity contribution in [3.05, 3.63) is 22.4 Å². The average molecular weight is 267 g/mol. The molecule has 1 aromatic rings. The zero-order chi connectivity index (χ0) is 13.3. The highest BCUT2D eigenvalue weighted by molar-refractivity contribution is 7.10. The van der Waals surface area contributed by atoms with Gasteiger partial charge in [-0.3, -0.25) is 9.69 Å².